The van der Waals surface area contributed by atoms with E-state index in [1.807, 2.05) is 0 Å². The van der Waals surface area contributed by atoms with Crippen molar-refractivity contribution < 1.29 is 33.4 Å². The molecule has 0 saturated carbocycles. The van der Waals surface area contributed by atoms with E-state index in [1.165, 1.54) is 4.90 Å². The number of rotatable bonds is 10. The first-order chi connectivity index (χ1) is 12.2. The molecule has 1 saturated heterocycles. The predicted molar refractivity (Wildman–Crippen MR) is 94.8 cm³/mol. The molecule has 0 bridgehead atoms. The van der Waals surface area contributed by atoms with Crippen LogP contribution in [-0.4, -0.2) is 71.6 Å². The van der Waals surface area contributed by atoms with Crippen molar-refractivity contribution in [3.63, 3.8) is 0 Å². The van der Waals surface area contributed by atoms with Gasteiger partial charge in [0, 0.05) is 13.1 Å². The van der Waals surface area contributed by atoms with Crippen molar-refractivity contribution in [3.8, 4) is 0 Å². The largest absolute Gasteiger partial charge is 0.479 e. The van der Waals surface area contributed by atoms with Gasteiger partial charge in [-0.25, -0.2) is 9.59 Å². The molecule has 5 N–H and O–H groups in total. The van der Waals surface area contributed by atoms with Crippen LogP contribution < -0.4 is 11.1 Å². The van der Waals surface area contributed by atoms with Gasteiger partial charge in [-0.15, -0.1) is 0 Å². The second-order valence-electron chi connectivity index (χ2n) is 6.52. The molecule has 0 aromatic carbocycles. The lowest BCUT2D eigenvalue weighted by Gasteiger charge is -2.32. The molecule has 152 valence electrons. The average molecular weight is 395 g/mol. The lowest BCUT2D eigenvalue weighted by molar-refractivity contribution is -0.145. The molecule has 1 fully saturated rings. The zero-order chi connectivity index (χ0) is 19.7. The first-order valence-electron chi connectivity index (χ1n) is 8.76. The number of hydrogen-bond donors (Lipinski definition) is 4. The van der Waals surface area contributed by atoms with Crippen molar-refractivity contribution in [2.24, 2.45) is 11.7 Å². The number of carbonyl (C=O) groups is 2. The number of hydrogen-bond acceptors (Lipinski definition) is 6. The Hall–Kier alpha value is -1.19. The number of urea groups is 1. The van der Waals surface area contributed by atoms with Gasteiger partial charge in [-0.3, -0.25) is 9.09 Å². The first kappa shape index (κ1) is 22.9. The van der Waals surface area contributed by atoms with Crippen LogP contribution in [-0.2, 0) is 18.6 Å². The molecule has 26 heavy (non-hydrogen) atoms. The fourth-order valence-electron chi connectivity index (χ4n) is 2.55. The summed E-state index contributed by atoms with van der Waals surface area (Å²) in [5.74, 6) is -2.97. The summed E-state index contributed by atoms with van der Waals surface area (Å²) >= 11 is 0. The molecule has 0 aromatic rings. The number of morpholine rings is 1. The molecule has 2 unspecified atom stereocenters. The third-order valence-electron chi connectivity index (χ3n) is 4.03. The Morgan fingerprint density at radius 1 is 1.31 bits per heavy atom. The van der Waals surface area contributed by atoms with Crippen LogP contribution in [0.3, 0.4) is 0 Å². The Bertz CT molecular complexity index is 511. The molecule has 0 radical (unpaired) electrons. The zero-order valence-electron chi connectivity index (χ0n) is 15.3. The van der Waals surface area contributed by atoms with Crippen LogP contribution in [0, 0.1) is 5.92 Å². The highest BCUT2D eigenvalue weighted by molar-refractivity contribution is 7.53. The number of carboxylic acid groups (broad SMARTS) is 1. The highest BCUT2D eigenvalue weighted by atomic mass is 31.2. The second kappa shape index (κ2) is 10.8. The smallest absolute Gasteiger partial charge is 0.351 e. The highest BCUT2D eigenvalue weighted by Gasteiger charge is 2.40. The SMILES string of the molecule is CC(C)[C@@H](NC(=O)N1CCOCC1)P(=O)(O)OC(CCCCN)C(=O)O. The van der Waals surface area contributed by atoms with E-state index in [-0.39, 0.29) is 6.42 Å². The van der Waals surface area contributed by atoms with E-state index in [1.54, 1.807) is 13.8 Å². The van der Waals surface area contributed by atoms with Crippen molar-refractivity contribution in [2.75, 3.05) is 32.8 Å². The van der Waals surface area contributed by atoms with Crippen LogP contribution in [0.1, 0.15) is 33.1 Å². The minimum absolute atomic E-state index is 0.0688. The van der Waals surface area contributed by atoms with Crippen LogP contribution in [0.5, 0.6) is 0 Å². The molecule has 0 aliphatic carbocycles. The summed E-state index contributed by atoms with van der Waals surface area (Å²) in [6.07, 6.45) is -0.317. The first-order valence-corrected chi connectivity index (χ1v) is 10.4. The van der Waals surface area contributed by atoms with Gasteiger partial charge in [0.05, 0.1) is 13.2 Å². The molecule has 3 atom stereocenters. The maximum Gasteiger partial charge on any atom is 0.351 e. The molecule has 2 amide bonds. The molecular formula is C15H30N3O7P. The average Bonchev–Trinajstić information content (AvgIpc) is 2.58. The second-order valence-corrected chi connectivity index (χ2v) is 8.41. The van der Waals surface area contributed by atoms with E-state index >= 15 is 0 Å². The molecule has 0 aromatic heterocycles. The number of amides is 2. The normalized spacial score (nSPS) is 19.7. The van der Waals surface area contributed by atoms with Crippen LogP contribution in [0.2, 0.25) is 0 Å². The Balaban J connectivity index is 2.78. The van der Waals surface area contributed by atoms with Gasteiger partial charge in [-0.2, -0.15) is 0 Å². The third-order valence-corrected chi connectivity index (χ3v) is 6.01. The number of nitrogens with two attached hydrogens (primary N) is 1. The molecular weight excluding hydrogens is 365 g/mol. The Labute approximate surface area is 153 Å². The highest BCUT2D eigenvalue weighted by Crippen LogP contribution is 2.50. The number of nitrogens with zero attached hydrogens (tertiary/aromatic N) is 1. The summed E-state index contributed by atoms with van der Waals surface area (Å²) in [7, 11) is -4.42. The van der Waals surface area contributed by atoms with Gasteiger partial charge in [0.25, 0.3) is 0 Å². The monoisotopic (exact) mass is 395 g/mol. The Morgan fingerprint density at radius 2 is 1.92 bits per heavy atom. The van der Waals surface area contributed by atoms with Crippen molar-refractivity contribution in [3.05, 3.63) is 0 Å². The number of aliphatic carboxylic acids is 1. The maximum absolute atomic E-state index is 12.7. The number of nitrogens with one attached hydrogen (secondary N) is 1. The van der Waals surface area contributed by atoms with Gasteiger partial charge >= 0.3 is 19.6 Å². The van der Waals surface area contributed by atoms with E-state index in [4.69, 9.17) is 15.0 Å². The lowest BCUT2D eigenvalue weighted by atomic mass is 10.1. The summed E-state index contributed by atoms with van der Waals surface area (Å²) in [5, 5.41) is 11.8. The molecule has 10 nitrogen and oxygen atoms in total. The minimum Gasteiger partial charge on any atom is -0.479 e. The molecule has 1 rings (SSSR count). The molecule has 1 aliphatic rings. The quantitative estimate of drug-likeness (QED) is 0.313. The fraction of sp³-hybridized carbons (Fsp3) is 0.867. The van der Waals surface area contributed by atoms with E-state index in [0.29, 0.717) is 45.7 Å². The lowest BCUT2D eigenvalue weighted by Crippen LogP contribution is -2.50. The summed E-state index contributed by atoms with van der Waals surface area (Å²) in [6, 6.07) is -0.500. The van der Waals surface area contributed by atoms with Crippen LogP contribution >= 0.6 is 7.60 Å². The third kappa shape index (κ3) is 7.20. The number of carbonyl (C=O) groups excluding carboxylic acids is 1. The van der Waals surface area contributed by atoms with E-state index in [9.17, 15) is 24.2 Å². The van der Waals surface area contributed by atoms with Crippen LogP contribution in [0.25, 0.3) is 0 Å². The number of carboxylic acids is 1. The summed E-state index contributed by atoms with van der Waals surface area (Å²) in [5.41, 5.74) is 5.38. The van der Waals surface area contributed by atoms with Gasteiger partial charge < -0.3 is 30.7 Å². The topological polar surface area (TPSA) is 151 Å². The van der Waals surface area contributed by atoms with Gasteiger partial charge in [0.15, 0.2) is 6.10 Å². The van der Waals surface area contributed by atoms with Gasteiger partial charge in [-0.05, 0) is 31.7 Å². The van der Waals surface area contributed by atoms with Crippen molar-refractivity contribution in [2.45, 2.75) is 45.0 Å². The maximum atomic E-state index is 12.7. The minimum atomic E-state index is -4.42. The number of unbranched alkanes of at least 4 members (excludes halogenated alkanes) is 1. The Morgan fingerprint density at radius 3 is 2.42 bits per heavy atom. The predicted octanol–water partition coefficient (Wildman–Crippen LogP) is 0.795. The van der Waals surface area contributed by atoms with Crippen LogP contribution in [0.15, 0.2) is 0 Å². The molecule has 0 spiro atoms. The van der Waals surface area contributed by atoms with Crippen molar-refractivity contribution in [1.82, 2.24) is 10.2 Å². The Kier molecular flexibility index (Phi) is 9.52. The van der Waals surface area contributed by atoms with E-state index in [0.717, 1.165) is 0 Å². The van der Waals surface area contributed by atoms with Crippen LogP contribution in [0.4, 0.5) is 4.79 Å². The summed E-state index contributed by atoms with van der Waals surface area (Å²) in [4.78, 5) is 35.5. The van der Waals surface area contributed by atoms with Crippen molar-refractivity contribution in [1.29, 1.82) is 0 Å². The van der Waals surface area contributed by atoms with Gasteiger partial charge in [0.2, 0.25) is 0 Å². The van der Waals surface area contributed by atoms with Gasteiger partial charge in [0.1, 0.15) is 5.78 Å². The van der Waals surface area contributed by atoms with Gasteiger partial charge in [-0.1, -0.05) is 13.8 Å². The molecule has 1 heterocycles. The molecule has 11 heteroatoms. The summed E-state index contributed by atoms with van der Waals surface area (Å²) in [6.45, 7) is 5.26. The standard InChI is InChI=1S/C15H30N3O7P/c1-11(2)13(17-15(21)18-7-9-24-10-8-18)26(22,23)25-12(14(19)20)5-3-4-6-16/h11-13H,3-10,16H2,1-2H3,(H,17,21)(H,19,20)(H,22,23)/t12?,13-/m0/s1. The number of ether oxygens (including phenoxy) is 1. The molecule has 1 aliphatic heterocycles. The fourth-order valence-corrected chi connectivity index (χ4v) is 4.27. The summed E-state index contributed by atoms with van der Waals surface area (Å²) < 4.78 is 22.9. The van der Waals surface area contributed by atoms with E-state index in [2.05, 4.69) is 5.32 Å². The van der Waals surface area contributed by atoms with E-state index < -0.39 is 37.4 Å². The van der Waals surface area contributed by atoms with Crippen molar-refractivity contribution >= 4 is 19.6 Å². The zero-order valence-corrected chi connectivity index (χ0v) is 16.2.